The summed E-state index contributed by atoms with van der Waals surface area (Å²) in [4.78, 5) is 10.5. The number of ketones is 1. The molecule has 33 heavy (non-hydrogen) atoms. The number of benzene rings is 2. The van der Waals surface area contributed by atoms with Gasteiger partial charge in [0, 0.05) is 12.3 Å². The van der Waals surface area contributed by atoms with Crippen molar-refractivity contribution in [3.63, 3.8) is 0 Å². The Morgan fingerprint density at radius 2 is 1.33 bits per heavy atom. The second kappa shape index (κ2) is 18.1. The number of carbonyl (C=O) groups excluding carboxylic acids is 1. The van der Waals surface area contributed by atoms with Crippen LogP contribution in [0.1, 0.15) is 92.7 Å². The summed E-state index contributed by atoms with van der Waals surface area (Å²) >= 11 is 0. The first-order valence-corrected chi connectivity index (χ1v) is 11.9. The summed E-state index contributed by atoms with van der Waals surface area (Å²) in [6.07, 6.45) is 1.11. The van der Waals surface area contributed by atoms with E-state index in [1.54, 1.807) is 26.2 Å². The van der Waals surface area contributed by atoms with Crippen molar-refractivity contribution in [2.24, 2.45) is 5.41 Å². The van der Waals surface area contributed by atoms with Gasteiger partial charge in [0.2, 0.25) is 6.36 Å². The molecule has 0 N–H and O–H groups in total. The molecule has 0 saturated carbocycles. The van der Waals surface area contributed by atoms with Crippen LogP contribution in [0.5, 0.6) is 11.5 Å². The van der Waals surface area contributed by atoms with Gasteiger partial charge in [-0.05, 0) is 54.7 Å². The highest BCUT2D eigenvalue weighted by atomic mass is 19.1. The van der Waals surface area contributed by atoms with Crippen LogP contribution in [0.4, 0.5) is 4.39 Å². The van der Waals surface area contributed by atoms with Gasteiger partial charge in [-0.2, -0.15) is 0 Å². The van der Waals surface area contributed by atoms with Crippen molar-refractivity contribution in [2.45, 2.75) is 94.4 Å². The second-order valence-corrected chi connectivity index (χ2v) is 8.79. The third kappa shape index (κ3) is 16.9. The first kappa shape index (κ1) is 32.8. The number of rotatable bonds is 6. The van der Waals surface area contributed by atoms with Gasteiger partial charge in [-0.15, -0.1) is 0 Å². The lowest BCUT2D eigenvalue weighted by Crippen LogP contribution is -2.15. The molecule has 0 aliphatic carbocycles. The molecule has 0 heterocycles. The van der Waals surface area contributed by atoms with Gasteiger partial charge in [0.15, 0.2) is 0 Å². The molecule has 4 heteroatoms. The molecule has 188 valence electrons. The van der Waals surface area contributed by atoms with E-state index in [-0.39, 0.29) is 11.2 Å². The van der Waals surface area contributed by atoms with E-state index in [2.05, 4.69) is 32.9 Å². The number of ether oxygens (including phenoxy) is 2. The van der Waals surface area contributed by atoms with E-state index in [9.17, 15) is 9.18 Å². The standard InChI is InChI=1S/C11H15FO.C10H14O.C6H12O.C2H6/c1-8(2)10-4-6-11(7-5-10)13-9(3)12;1-3-4-9-5-7-10(11-2)8-6-9;1-5(7)6(2,3)4;1-2/h4-9H,1-3H3;5-8H,3-4H2,1-2H3;1-4H3;1-2H3. The first-order valence-electron chi connectivity index (χ1n) is 11.9. The van der Waals surface area contributed by atoms with Crippen LogP contribution in [0.25, 0.3) is 0 Å². The zero-order valence-corrected chi connectivity index (χ0v) is 22.8. The maximum absolute atomic E-state index is 12.4. The van der Waals surface area contributed by atoms with E-state index in [0.29, 0.717) is 11.7 Å². The van der Waals surface area contributed by atoms with Crippen molar-refractivity contribution in [1.29, 1.82) is 0 Å². The Morgan fingerprint density at radius 1 is 0.909 bits per heavy atom. The molecule has 0 saturated heterocycles. The summed E-state index contributed by atoms with van der Waals surface area (Å²) < 4.78 is 22.4. The summed E-state index contributed by atoms with van der Waals surface area (Å²) in [6, 6.07) is 15.8. The van der Waals surface area contributed by atoms with Crippen LogP contribution in [0.15, 0.2) is 48.5 Å². The molecule has 0 amide bonds. The molecule has 2 aromatic carbocycles. The fourth-order valence-electron chi connectivity index (χ4n) is 2.20. The summed E-state index contributed by atoms with van der Waals surface area (Å²) in [6.45, 7) is 19.1. The Morgan fingerprint density at radius 3 is 1.64 bits per heavy atom. The zero-order chi connectivity index (χ0) is 26.0. The zero-order valence-electron chi connectivity index (χ0n) is 22.8. The van der Waals surface area contributed by atoms with Gasteiger partial charge in [0.25, 0.3) is 0 Å². The molecular weight excluding hydrogens is 415 g/mol. The van der Waals surface area contributed by atoms with Crippen LogP contribution in [-0.4, -0.2) is 19.3 Å². The molecule has 0 fully saturated rings. The van der Waals surface area contributed by atoms with E-state index in [0.717, 1.165) is 12.2 Å². The molecule has 1 atom stereocenters. The number of hydrogen-bond acceptors (Lipinski definition) is 3. The van der Waals surface area contributed by atoms with Crippen LogP contribution >= 0.6 is 0 Å². The van der Waals surface area contributed by atoms with E-state index in [4.69, 9.17) is 9.47 Å². The van der Waals surface area contributed by atoms with Crippen molar-refractivity contribution in [3.05, 3.63) is 59.7 Å². The molecule has 0 aliphatic rings. The van der Waals surface area contributed by atoms with Gasteiger partial charge in [-0.3, -0.25) is 4.79 Å². The van der Waals surface area contributed by atoms with Crippen molar-refractivity contribution < 1.29 is 18.7 Å². The number of aryl methyl sites for hydroxylation is 1. The average Bonchev–Trinajstić information content (AvgIpc) is 2.76. The number of halogens is 1. The predicted octanol–water partition coefficient (Wildman–Crippen LogP) is 8.80. The van der Waals surface area contributed by atoms with Gasteiger partial charge >= 0.3 is 0 Å². The molecule has 0 radical (unpaired) electrons. The Hall–Kier alpha value is -2.36. The maximum atomic E-state index is 12.4. The number of carbonyl (C=O) groups is 1. The van der Waals surface area contributed by atoms with Crippen molar-refractivity contribution in [1.82, 2.24) is 0 Å². The molecule has 0 bridgehead atoms. The van der Waals surface area contributed by atoms with Gasteiger partial charge in [-0.1, -0.05) is 86.1 Å². The molecule has 2 rings (SSSR count). The summed E-state index contributed by atoms with van der Waals surface area (Å²) in [5, 5.41) is 0. The van der Waals surface area contributed by atoms with Crippen LogP contribution < -0.4 is 9.47 Å². The van der Waals surface area contributed by atoms with Gasteiger partial charge in [0.1, 0.15) is 17.3 Å². The molecule has 1 unspecified atom stereocenters. The minimum atomic E-state index is -1.25. The lowest BCUT2D eigenvalue weighted by molar-refractivity contribution is -0.124. The lowest BCUT2D eigenvalue weighted by Gasteiger charge is -2.11. The Bertz CT molecular complexity index is 727. The van der Waals surface area contributed by atoms with E-state index >= 15 is 0 Å². The van der Waals surface area contributed by atoms with Gasteiger partial charge in [-0.25, -0.2) is 4.39 Å². The normalized spacial score (nSPS) is 10.9. The van der Waals surface area contributed by atoms with Crippen molar-refractivity contribution in [3.8, 4) is 11.5 Å². The molecular formula is C29H47FO3. The Balaban J connectivity index is 0. The number of hydrogen-bond donors (Lipinski definition) is 0. The fourth-order valence-corrected chi connectivity index (χ4v) is 2.20. The largest absolute Gasteiger partial charge is 0.497 e. The van der Waals surface area contributed by atoms with Crippen LogP contribution in [0.3, 0.4) is 0 Å². The third-order valence-electron chi connectivity index (χ3n) is 4.60. The molecule has 0 spiro atoms. The van der Waals surface area contributed by atoms with Crippen LogP contribution in [0.2, 0.25) is 0 Å². The van der Waals surface area contributed by atoms with Crippen molar-refractivity contribution >= 4 is 5.78 Å². The molecule has 0 aromatic heterocycles. The van der Waals surface area contributed by atoms with Crippen molar-refractivity contribution in [2.75, 3.05) is 7.11 Å². The predicted molar refractivity (Wildman–Crippen MR) is 140 cm³/mol. The Labute approximate surface area is 202 Å². The molecule has 3 nitrogen and oxygen atoms in total. The quantitative estimate of drug-likeness (QED) is 0.430. The summed E-state index contributed by atoms with van der Waals surface area (Å²) in [5.41, 5.74) is 2.48. The monoisotopic (exact) mass is 462 g/mol. The minimum absolute atomic E-state index is 0.139. The highest BCUT2D eigenvalue weighted by Crippen LogP contribution is 2.19. The Kier molecular flexibility index (Phi) is 18.0. The SMILES string of the molecule is CC.CC(=O)C(C)(C)C.CC(F)Oc1ccc(C(C)C)cc1.CCCc1ccc(OC)cc1. The van der Waals surface area contributed by atoms with Gasteiger partial charge in [0.05, 0.1) is 7.11 Å². The van der Waals surface area contributed by atoms with Gasteiger partial charge < -0.3 is 9.47 Å². The topological polar surface area (TPSA) is 35.5 Å². The first-order chi connectivity index (χ1) is 15.4. The van der Waals surface area contributed by atoms with Crippen LogP contribution in [0, 0.1) is 5.41 Å². The van der Waals surface area contributed by atoms with E-state index < -0.39 is 6.36 Å². The number of Topliss-reactive ketones (excluding diaryl/α,β-unsaturated/α-hetero) is 1. The number of methoxy groups -OCH3 is 1. The number of alkyl halides is 1. The lowest BCUT2D eigenvalue weighted by atomic mass is 9.92. The average molecular weight is 463 g/mol. The molecule has 2 aromatic rings. The minimum Gasteiger partial charge on any atom is -0.497 e. The highest BCUT2D eigenvalue weighted by molar-refractivity contribution is 5.80. The summed E-state index contributed by atoms with van der Waals surface area (Å²) in [5.74, 6) is 2.26. The fraction of sp³-hybridized carbons (Fsp3) is 0.552. The highest BCUT2D eigenvalue weighted by Gasteiger charge is 2.14. The van der Waals surface area contributed by atoms with E-state index in [1.807, 2.05) is 58.9 Å². The maximum Gasteiger partial charge on any atom is 0.235 e. The smallest absolute Gasteiger partial charge is 0.235 e. The molecule has 0 aliphatic heterocycles. The summed E-state index contributed by atoms with van der Waals surface area (Å²) in [7, 11) is 1.69. The van der Waals surface area contributed by atoms with Crippen LogP contribution in [-0.2, 0) is 11.2 Å². The third-order valence-corrected chi connectivity index (χ3v) is 4.60. The second-order valence-electron chi connectivity index (χ2n) is 8.79. The van der Waals surface area contributed by atoms with E-state index in [1.165, 1.54) is 24.5 Å².